The first-order valence-electron chi connectivity index (χ1n) is 8.66. The molecule has 0 heterocycles. The Morgan fingerprint density at radius 1 is 0.800 bits per heavy atom. The lowest BCUT2D eigenvalue weighted by molar-refractivity contribution is 0.217. The maximum absolute atomic E-state index is 9.78. The van der Waals surface area contributed by atoms with E-state index >= 15 is 0 Å². The highest BCUT2D eigenvalue weighted by molar-refractivity contribution is 6.83. The first-order valence-corrected chi connectivity index (χ1v) is 12.2. The van der Waals surface area contributed by atoms with E-state index < -0.39 is 14.2 Å². The largest absolute Gasteiger partial charge is 0.380 e. The molecule has 0 saturated carbocycles. The summed E-state index contributed by atoms with van der Waals surface area (Å²) in [4.78, 5) is 0. The summed E-state index contributed by atoms with van der Waals surface area (Å²) < 4.78 is 0. The Morgan fingerprint density at radius 3 is 1.70 bits per heavy atom. The molecule has 0 fully saturated rings. The number of aliphatic hydroxyl groups is 1. The van der Waals surface area contributed by atoms with Gasteiger partial charge in [-0.1, -0.05) is 90.3 Å². The number of rotatable bonds is 11. The molecule has 0 aromatic carbocycles. The van der Waals surface area contributed by atoms with Crippen molar-refractivity contribution in [2.45, 2.75) is 103 Å². The fraction of sp³-hybridized carbons (Fsp3) is 0.889. The maximum atomic E-state index is 9.78. The summed E-state index contributed by atoms with van der Waals surface area (Å²) in [6.07, 6.45) is 13.9. The number of hydrogen-bond acceptors (Lipinski definition) is 1. The van der Waals surface area contributed by atoms with Crippen LogP contribution in [0.5, 0.6) is 0 Å². The predicted molar refractivity (Wildman–Crippen MR) is 93.6 cm³/mol. The van der Waals surface area contributed by atoms with E-state index in [1.165, 1.54) is 57.8 Å². The molecule has 0 radical (unpaired) electrons. The molecule has 0 aliphatic heterocycles. The lowest BCUT2D eigenvalue weighted by Crippen LogP contribution is -2.17. The second-order valence-corrected chi connectivity index (χ2v) is 11.8. The van der Waals surface area contributed by atoms with Crippen molar-refractivity contribution in [3.63, 3.8) is 0 Å². The van der Waals surface area contributed by atoms with E-state index in [4.69, 9.17) is 0 Å². The molecule has 118 valence electrons. The van der Waals surface area contributed by atoms with Crippen LogP contribution in [0.15, 0.2) is 0 Å². The predicted octanol–water partition coefficient (Wildman–Crippen LogP) is 5.54. The minimum absolute atomic E-state index is 0.393. The van der Waals surface area contributed by atoms with Gasteiger partial charge in [0.15, 0.2) is 0 Å². The maximum Gasteiger partial charge on any atom is 0.129 e. The van der Waals surface area contributed by atoms with Gasteiger partial charge >= 0.3 is 0 Å². The van der Waals surface area contributed by atoms with Crippen molar-refractivity contribution in [1.82, 2.24) is 0 Å². The molecule has 0 aromatic heterocycles. The average molecular weight is 297 g/mol. The summed E-state index contributed by atoms with van der Waals surface area (Å²) in [7, 11) is -1.32. The minimum Gasteiger partial charge on any atom is -0.380 e. The van der Waals surface area contributed by atoms with Gasteiger partial charge in [0.1, 0.15) is 14.2 Å². The Kier molecular flexibility index (Phi) is 12.3. The highest BCUT2D eigenvalue weighted by Gasteiger charge is 2.08. The topological polar surface area (TPSA) is 20.2 Å². The zero-order chi connectivity index (χ0) is 15.3. The van der Waals surface area contributed by atoms with Crippen molar-refractivity contribution in [2.75, 3.05) is 0 Å². The number of unbranched alkanes of at least 4 members (excludes halogenated alkanes) is 9. The van der Waals surface area contributed by atoms with Gasteiger partial charge in [0, 0.05) is 0 Å². The van der Waals surface area contributed by atoms with E-state index in [-0.39, 0.29) is 0 Å². The molecule has 0 aromatic rings. The molecule has 0 spiro atoms. The molecule has 0 amide bonds. The van der Waals surface area contributed by atoms with Gasteiger partial charge in [0.2, 0.25) is 0 Å². The smallest absolute Gasteiger partial charge is 0.129 e. The summed E-state index contributed by atoms with van der Waals surface area (Å²) in [5.41, 5.74) is 3.25. The monoisotopic (exact) mass is 296 g/mol. The first kappa shape index (κ1) is 19.7. The molecule has 0 bridgehead atoms. The minimum atomic E-state index is -1.32. The Balaban J connectivity index is 3.33. The van der Waals surface area contributed by atoms with Gasteiger partial charge in [-0.2, -0.15) is 0 Å². The SMILES string of the molecule is CCCCCCCCCCCC[C@@H](O)C#C[Si](C)(C)C. The lowest BCUT2D eigenvalue weighted by atomic mass is 10.0. The standard InChI is InChI=1S/C18H36OSi/c1-5-6-7-8-9-10-11-12-13-14-15-18(19)16-17-20(2,3)4/h18-19H,5-15H2,1-4H3/t18-/m1/s1. The highest BCUT2D eigenvalue weighted by atomic mass is 28.3. The molecule has 0 rings (SSSR count). The second kappa shape index (κ2) is 12.5. The van der Waals surface area contributed by atoms with Crippen molar-refractivity contribution < 1.29 is 5.11 Å². The molecule has 0 saturated heterocycles. The molecular weight excluding hydrogens is 260 g/mol. The van der Waals surface area contributed by atoms with Gasteiger partial charge < -0.3 is 5.11 Å². The Morgan fingerprint density at radius 2 is 1.25 bits per heavy atom. The van der Waals surface area contributed by atoms with E-state index in [9.17, 15) is 5.11 Å². The van der Waals surface area contributed by atoms with Crippen LogP contribution in [-0.4, -0.2) is 19.3 Å². The molecule has 20 heavy (non-hydrogen) atoms. The average Bonchev–Trinajstić information content (AvgIpc) is 2.38. The van der Waals surface area contributed by atoms with Crippen molar-refractivity contribution >= 4 is 8.07 Å². The summed E-state index contributed by atoms with van der Waals surface area (Å²) in [6.45, 7) is 8.91. The van der Waals surface area contributed by atoms with E-state index in [0.29, 0.717) is 0 Å². The molecule has 0 aliphatic rings. The van der Waals surface area contributed by atoms with Crippen LogP contribution in [0, 0.1) is 11.5 Å². The Labute approximate surface area is 128 Å². The zero-order valence-electron chi connectivity index (χ0n) is 14.3. The third-order valence-electron chi connectivity index (χ3n) is 3.44. The van der Waals surface area contributed by atoms with Crippen LogP contribution in [0.1, 0.15) is 77.6 Å². The summed E-state index contributed by atoms with van der Waals surface area (Å²) in [5.74, 6) is 3.02. The Bertz CT molecular complexity index is 269. The molecule has 2 heteroatoms. The summed E-state index contributed by atoms with van der Waals surface area (Å²) in [5, 5.41) is 9.78. The summed E-state index contributed by atoms with van der Waals surface area (Å²) >= 11 is 0. The van der Waals surface area contributed by atoms with Gasteiger partial charge in [0.25, 0.3) is 0 Å². The van der Waals surface area contributed by atoms with E-state index in [1.807, 2.05) is 0 Å². The molecule has 0 unspecified atom stereocenters. The van der Waals surface area contributed by atoms with Crippen LogP contribution in [0.4, 0.5) is 0 Å². The molecule has 1 N–H and O–H groups in total. The van der Waals surface area contributed by atoms with Crippen molar-refractivity contribution in [3.8, 4) is 11.5 Å². The zero-order valence-corrected chi connectivity index (χ0v) is 15.3. The van der Waals surface area contributed by atoms with E-state index in [1.54, 1.807) is 0 Å². The molecule has 0 aliphatic carbocycles. The van der Waals surface area contributed by atoms with Crippen LogP contribution < -0.4 is 0 Å². The fourth-order valence-corrected chi connectivity index (χ4v) is 2.80. The summed E-state index contributed by atoms with van der Waals surface area (Å²) in [6, 6.07) is 0. The van der Waals surface area contributed by atoms with Crippen LogP contribution in [-0.2, 0) is 0 Å². The van der Waals surface area contributed by atoms with Crippen LogP contribution in [0.25, 0.3) is 0 Å². The quantitative estimate of drug-likeness (QED) is 0.301. The lowest BCUT2D eigenvalue weighted by Gasteiger charge is -2.07. The highest BCUT2D eigenvalue weighted by Crippen LogP contribution is 2.12. The van der Waals surface area contributed by atoms with E-state index in [0.717, 1.165) is 12.8 Å². The second-order valence-electron chi connectivity index (χ2n) is 7.01. The number of aliphatic hydroxyl groups excluding tert-OH is 1. The fourth-order valence-electron chi connectivity index (χ4n) is 2.20. The first-order chi connectivity index (χ1) is 9.45. The van der Waals surface area contributed by atoms with E-state index in [2.05, 4.69) is 38.0 Å². The molecule has 1 nitrogen and oxygen atoms in total. The third-order valence-corrected chi connectivity index (χ3v) is 4.34. The molecular formula is C18H36OSi. The normalized spacial score (nSPS) is 12.8. The van der Waals surface area contributed by atoms with Crippen molar-refractivity contribution in [1.29, 1.82) is 0 Å². The Hall–Kier alpha value is -0.263. The van der Waals surface area contributed by atoms with Gasteiger partial charge in [-0.15, -0.1) is 5.54 Å². The van der Waals surface area contributed by atoms with Gasteiger partial charge in [-0.3, -0.25) is 0 Å². The molecule has 1 atom stereocenters. The van der Waals surface area contributed by atoms with Gasteiger partial charge in [0.05, 0.1) is 0 Å². The van der Waals surface area contributed by atoms with Crippen LogP contribution in [0.2, 0.25) is 19.6 Å². The van der Waals surface area contributed by atoms with Gasteiger partial charge in [-0.05, 0) is 12.8 Å². The van der Waals surface area contributed by atoms with Crippen LogP contribution in [0.3, 0.4) is 0 Å². The number of hydrogen-bond donors (Lipinski definition) is 1. The van der Waals surface area contributed by atoms with Gasteiger partial charge in [-0.25, -0.2) is 0 Å². The third kappa shape index (κ3) is 15.8. The van der Waals surface area contributed by atoms with Crippen molar-refractivity contribution in [2.24, 2.45) is 0 Å². The van der Waals surface area contributed by atoms with Crippen molar-refractivity contribution in [3.05, 3.63) is 0 Å². The van der Waals surface area contributed by atoms with Crippen LogP contribution >= 0.6 is 0 Å².